The van der Waals surface area contributed by atoms with E-state index in [4.69, 9.17) is 19.1 Å². The molecule has 0 rings (SSSR count). The number of esters is 2. The minimum atomic E-state index is -4.64. The first-order chi connectivity index (χ1) is 28.7. The Kier molecular flexibility index (Phi) is 41.2. The summed E-state index contributed by atoms with van der Waals surface area (Å²) < 4.78 is 32.7. The quantitative estimate of drug-likeness (QED) is 0.0235. The third kappa shape index (κ3) is 43.1. The van der Waals surface area contributed by atoms with Crippen molar-refractivity contribution in [2.45, 2.75) is 180 Å². The number of phosphoric acid groups is 1. The number of aliphatic hydroxyl groups is 2. The first kappa shape index (κ1) is 56.1. The second kappa shape index (κ2) is 43.2. The van der Waals surface area contributed by atoms with Crippen molar-refractivity contribution in [3.63, 3.8) is 0 Å². The summed E-state index contributed by atoms with van der Waals surface area (Å²) in [7, 11) is -4.64. The zero-order valence-electron chi connectivity index (χ0n) is 36.7. The van der Waals surface area contributed by atoms with Crippen molar-refractivity contribution < 1.29 is 47.8 Å². The Hall–Kier alpha value is -2.85. The number of hydrogen-bond donors (Lipinski definition) is 3. The van der Waals surface area contributed by atoms with Crippen LogP contribution in [0.2, 0.25) is 0 Å². The van der Waals surface area contributed by atoms with Crippen LogP contribution in [-0.2, 0) is 32.7 Å². The van der Waals surface area contributed by atoms with E-state index >= 15 is 0 Å². The minimum Gasteiger partial charge on any atom is -0.462 e. The summed E-state index contributed by atoms with van der Waals surface area (Å²) in [5.74, 6) is -0.993. The third-order valence-electron chi connectivity index (χ3n) is 9.02. The van der Waals surface area contributed by atoms with E-state index < -0.39 is 51.8 Å². The first-order valence-corrected chi connectivity index (χ1v) is 24.0. The molecule has 0 aliphatic heterocycles. The van der Waals surface area contributed by atoms with Crippen LogP contribution in [-0.4, -0.2) is 65.7 Å². The molecule has 3 atom stereocenters. The smallest absolute Gasteiger partial charge is 0.462 e. The Morgan fingerprint density at radius 2 is 0.881 bits per heavy atom. The van der Waals surface area contributed by atoms with Gasteiger partial charge in [0.2, 0.25) is 0 Å². The summed E-state index contributed by atoms with van der Waals surface area (Å²) in [6.07, 6.45) is 51.1. The van der Waals surface area contributed by atoms with E-state index in [1.165, 1.54) is 44.9 Å². The minimum absolute atomic E-state index is 0.146. The highest BCUT2D eigenvalue weighted by atomic mass is 31.2. The molecule has 0 spiro atoms. The van der Waals surface area contributed by atoms with E-state index in [0.29, 0.717) is 12.8 Å². The molecule has 0 saturated carbocycles. The van der Waals surface area contributed by atoms with Gasteiger partial charge in [0, 0.05) is 12.8 Å². The molecule has 0 saturated heterocycles. The zero-order valence-corrected chi connectivity index (χ0v) is 37.6. The molecule has 0 heterocycles. The van der Waals surface area contributed by atoms with Crippen LogP contribution in [0.25, 0.3) is 0 Å². The lowest BCUT2D eigenvalue weighted by Gasteiger charge is -2.20. The zero-order chi connectivity index (χ0) is 43.3. The molecule has 338 valence electrons. The van der Waals surface area contributed by atoms with Crippen LogP contribution in [0.5, 0.6) is 0 Å². The molecule has 10 nitrogen and oxygen atoms in total. The molecular formula is C48H81O10P. The molecule has 1 unspecified atom stereocenters. The topological polar surface area (TPSA) is 149 Å². The summed E-state index contributed by atoms with van der Waals surface area (Å²) in [5, 5.41) is 18.3. The van der Waals surface area contributed by atoms with Crippen LogP contribution >= 0.6 is 7.82 Å². The molecule has 0 aromatic carbocycles. The van der Waals surface area contributed by atoms with Crippen LogP contribution in [0.4, 0.5) is 0 Å². The third-order valence-corrected chi connectivity index (χ3v) is 9.97. The number of phosphoric ester groups is 1. The van der Waals surface area contributed by atoms with E-state index in [2.05, 4.69) is 103 Å². The van der Waals surface area contributed by atoms with Gasteiger partial charge in [-0.25, -0.2) is 4.57 Å². The predicted octanol–water partition coefficient (Wildman–Crippen LogP) is 12.2. The van der Waals surface area contributed by atoms with Gasteiger partial charge < -0.3 is 24.6 Å². The van der Waals surface area contributed by atoms with Crippen molar-refractivity contribution in [1.29, 1.82) is 0 Å². The van der Waals surface area contributed by atoms with Crippen molar-refractivity contribution >= 4 is 19.8 Å². The Balaban J connectivity index is 4.40. The largest absolute Gasteiger partial charge is 0.472 e. The standard InChI is InChI=1S/C48H81O10P/c1-3-5-7-9-11-13-15-17-19-21-22-24-25-27-29-31-33-35-37-39-47(51)55-43-46(44-57-59(53,54)56-42-45(50)41-49)58-48(52)40-38-36-34-32-30-28-26-23-20-18-16-14-12-10-8-6-4-2/h11-14,17-20,22,24,26-29,45-46,49-50H,3-10,15-16,21,23,25,30-44H2,1-2H3,(H,53,54)/b13-11-,14-12-,19-17-,20-18-,24-22-,28-26-,29-27-/t45-,46+/m0/s1. The van der Waals surface area contributed by atoms with Crippen LogP contribution in [0.15, 0.2) is 85.1 Å². The Morgan fingerprint density at radius 1 is 0.508 bits per heavy atom. The maximum atomic E-state index is 12.6. The highest BCUT2D eigenvalue weighted by molar-refractivity contribution is 7.47. The van der Waals surface area contributed by atoms with Gasteiger partial charge in [-0.3, -0.25) is 18.6 Å². The maximum Gasteiger partial charge on any atom is 0.472 e. The maximum absolute atomic E-state index is 12.6. The molecule has 59 heavy (non-hydrogen) atoms. The van der Waals surface area contributed by atoms with Gasteiger partial charge in [0.15, 0.2) is 6.10 Å². The summed E-state index contributed by atoms with van der Waals surface area (Å²) >= 11 is 0. The van der Waals surface area contributed by atoms with Gasteiger partial charge in [-0.05, 0) is 96.3 Å². The van der Waals surface area contributed by atoms with Gasteiger partial charge in [-0.15, -0.1) is 0 Å². The van der Waals surface area contributed by atoms with Gasteiger partial charge >= 0.3 is 19.8 Å². The number of rotatable bonds is 41. The van der Waals surface area contributed by atoms with Crippen molar-refractivity contribution in [3.05, 3.63) is 85.1 Å². The van der Waals surface area contributed by atoms with Crippen LogP contribution < -0.4 is 0 Å². The molecular weight excluding hydrogens is 767 g/mol. The lowest BCUT2D eigenvalue weighted by Crippen LogP contribution is -2.29. The molecule has 0 radical (unpaired) electrons. The van der Waals surface area contributed by atoms with Crippen LogP contribution in [0, 0.1) is 0 Å². The average molecular weight is 849 g/mol. The highest BCUT2D eigenvalue weighted by Gasteiger charge is 2.27. The number of carbonyl (C=O) groups excluding carboxylic acids is 2. The van der Waals surface area contributed by atoms with Gasteiger partial charge in [-0.2, -0.15) is 0 Å². The monoisotopic (exact) mass is 849 g/mol. The Labute approximate surface area is 358 Å². The van der Waals surface area contributed by atoms with Crippen LogP contribution in [0.1, 0.15) is 168 Å². The summed E-state index contributed by atoms with van der Waals surface area (Å²) in [6, 6.07) is 0. The van der Waals surface area contributed by atoms with Gasteiger partial charge in [-0.1, -0.05) is 144 Å². The normalized spacial score (nSPS) is 14.6. The Morgan fingerprint density at radius 3 is 1.32 bits per heavy atom. The molecule has 0 bridgehead atoms. The number of ether oxygens (including phenoxy) is 2. The SMILES string of the molecule is CCCCC/C=C\C/C=C\C/C=C\C/C=C\CCCCCC(=O)OC[C@H](COP(=O)(O)OC[C@@H](O)CO)OC(=O)CCCCCC/C=C\C/C=C\C/C=C\CCCCC. The predicted molar refractivity (Wildman–Crippen MR) is 242 cm³/mol. The van der Waals surface area contributed by atoms with E-state index in [-0.39, 0.29) is 19.4 Å². The fraction of sp³-hybridized carbons (Fsp3) is 0.667. The van der Waals surface area contributed by atoms with E-state index in [9.17, 15) is 24.2 Å². The average Bonchev–Trinajstić information content (AvgIpc) is 3.22. The molecule has 0 fully saturated rings. The second-order valence-electron chi connectivity index (χ2n) is 14.7. The summed E-state index contributed by atoms with van der Waals surface area (Å²) in [6.45, 7) is 2.25. The first-order valence-electron chi connectivity index (χ1n) is 22.5. The number of unbranched alkanes of at least 4 members (excludes halogenated alkanes) is 13. The van der Waals surface area contributed by atoms with Crippen molar-refractivity contribution in [3.8, 4) is 0 Å². The number of hydrogen-bond acceptors (Lipinski definition) is 9. The number of allylic oxidation sites excluding steroid dienone is 14. The molecule has 0 aliphatic carbocycles. The lowest BCUT2D eigenvalue weighted by atomic mass is 10.1. The molecule has 0 aliphatic rings. The van der Waals surface area contributed by atoms with Gasteiger partial charge in [0.25, 0.3) is 0 Å². The Bertz CT molecular complexity index is 1250. The summed E-state index contributed by atoms with van der Waals surface area (Å²) in [5.41, 5.74) is 0. The fourth-order valence-corrected chi connectivity index (χ4v) is 6.30. The number of carbonyl (C=O) groups is 2. The summed E-state index contributed by atoms with van der Waals surface area (Å²) in [4.78, 5) is 35.0. The molecule has 3 N–H and O–H groups in total. The van der Waals surface area contributed by atoms with Crippen molar-refractivity contribution in [2.24, 2.45) is 0 Å². The van der Waals surface area contributed by atoms with E-state index in [0.717, 1.165) is 83.5 Å². The number of aliphatic hydroxyl groups excluding tert-OH is 2. The second-order valence-corrected chi connectivity index (χ2v) is 16.2. The van der Waals surface area contributed by atoms with Gasteiger partial charge in [0.1, 0.15) is 12.7 Å². The molecule has 0 amide bonds. The molecule has 0 aromatic rings. The van der Waals surface area contributed by atoms with E-state index in [1.807, 2.05) is 0 Å². The molecule has 0 aromatic heterocycles. The van der Waals surface area contributed by atoms with E-state index in [1.54, 1.807) is 0 Å². The highest BCUT2D eigenvalue weighted by Crippen LogP contribution is 2.43. The molecule has 11 heteroatoms. The lowest BCUT2D eigenvalue weighted by molar-refractivity contribution is -0.161. The van der Waals surface area contributed by atoms with Crippen molar-refractivity contribution in [1.82, 2.24) is 0 Å². The fourth-order valence-electron chi connectivity index (χ4n) is 5.51. The van der Waals surface area contributed by atoms with Gasteiger partial charge in [0.05, 0.1) is 19.8 Å². The van der Waals surface area contributed by atoms with Crippen LogP contribution in [0.3, 0.4) is 0 Å². The van der Waals surface area contributed by atoms with Crippen molar-refractivity contribution in [2.75, 3.05) is 26.4 Å².